The molecule has 0 N–H and O–H groups in total. The van der Waals surface area contributed by atoms with E-state index < -0.39 is 0 Å². The summed E-state index contributed by atoms with van der Waals surface area (Å²) in [4.78, 5) is 19.4. The van der Waals surface area contributed by atoms with Gasteiger partial charge in [-0.3, -0.25) is 4.79 Å². The monoisotopic (exact) mass is 553 g/mol. The van der Waals surface area contributed by atoms with Crippen LogP contribution in [-0.2, 0) is 0 Å². The Morgan fingerprint density at radius 1 is 1.05 bits per heavy atom. The van der Waals surface area contributed by atoms with Crippen molar-refractivity contribution in [1.82, 2.24) is 24.4 Å². The van der Waals surface area contributed by atoms with Crippen molar-refractivity contribution in [2.24, 2.45) is 5.92 Å². The minimum atomic E-state index is -0.186. The lowest BCUT2D eigenvalue weighted by molar-refractivity contribution is 0.288. The van der Waals surface area contributed by atoms with E-state index in [4.69, 9.17) is 9.84 Å². The molecule has 0 amide bonds. The molecule has 196 valence electrons. The maximum absolute atomic E-state index is 13.3. The highest BCUT2D eigenvalue weighted by Crippen LogP contribution is 2.29. The van der Waals surface area contributed by atoms with Crippen LogP contribution in [-0.4, -0.2) is 31.0 Å². The van der Waals surface area contributed by atoms with Crippen LogP contribution in [0.1, 0.15) is 31.4 Å². The number of thiazole rings is 1. The Bertz CT molecular complexity index is 1850. The van der Waals surface area contributed by atoms with Crippen molar-refractivity contribution in [1.29, 1.82) is 0 Å². The molecule has 0 saturated carbocycles. The van der Waals surface area contributed by atoms with Crippen molar-refractivity contribution in [2.45, 2.75) is 27.2 Å². The molecule has 0 saturated heterocycles. The summed E-state index contributed by atoms with van der Waals surface area (Å²) < 4.78 is 9.82. The fourth-order valence-electron chi connectivity index (χ4n) is 4.28. The molecule has 0 bridgehead atoms. The molecule has 7 nitrogen and oxygen atoms in total. The highest BCUT2D eigenvalue weighted by atomic mass is 32.1. The van der Waals surface area contributed by atoms with E-state index in [1.165, 1.54) is 15.9 Å². The van der Waals surface area contributed by atoms with E-state index in [0.717, 1.165) is 45.1 Å². The molecule has 2 aromatic carbocycles. The predicted molar refractivity (Wildman–Crippen MR) is 158 cm³/mol. The minimum absolute atomic E-state index is 0.186. The summed E-state index contributed by atoms with van der Waals surface area (Å²) in [6.45, 7) is 7.12. The maximum Gasteiger partial charge on any atom is 0.291 e. The van der Waals surface area contributed by atoms with Crippen LogP contribution in [0, 0.1) is 12.8 Å². The van der Waals surface area contributed by atoms with Crippen molar-refractivity contribution in [3.63, 3.8) is 0 Å². The molecular formula is C30H27N5O2S2. The molecule has 6 rings (SSSR count). The molecule has 6 aromatic rings. The number of nitrogens with zero attached hydrogens (tertiary/aromatic N) is 5. The lowest BCUT2D eigenvalue weighted by Crippen LogP contribution is -2.23. The van der Waals surface area contributed by atoms with Gasteiger partial charge in [0.15, 0.2) is 5.82 Å². The lowest BCUT2D eigenvalue weighted by atomic mass is 10.0. The summed E-state index contributed by atoms with van der Waals surface area (Å²) in [7, 11) is 0. The first-order chi connectivity index (χ1) is 19.0. The Morgan fingerprint density at radius 2 is 1.90 bits per heavy atom. The normalized spacial score (nSPS) is 12.2. The van der Waals surface area contributed by atoms with Gasteiger partial charge in [-0.2, -0.15) is 14.6 Å². The number of aryl methyl sites for hydroxylation is 1. The van der Waals surface area contributed by atoms with Crippen LogP contribution >= 0.6 is 22.7 Å². The van der Waals surface area contributed by atoms with Crippen LogP contribution in [0.15, 0.2) is 77.0 Å². The quantitative estimate of drug-likeness (QED) is 0.231. The lowest BCUT2D eigenvalue weighted by Gasteiger charge is -2.11. The number of aromatic nitrogens is 5. The third-order valence-electron chi connectivity index (χ3n) is 6.37. The molecular weight excluding hydrogens is 526 g/mol. The standard InChI is InChI=1S/C30H27N5O2S2/c1-19(2)13-14-37-24-12-11-21(16-20(24)3)27-22(18-34(32-27)23-8-5-4-6-9-23)17-26-29(36)35-30(39-26)31-28(33-35)25-10-7-15-38-25/h4-12,15-19H,13-14H2,1-3H3/b26-17-. The number of fused-ring (bicyclic) bond motifs is 1. The second-order valence-corrected chi connectivity index (χ2v) is 11.7. The fraction of sp³-hybridized carbons (Fsp3) is 0.200. The molecule has 0 unspecified atom stereocenters. The van der Waals surface area contributed by atoms with Crippen LogP contribution in [0.25, 0.3) is 38.7 Å². The smallest absolute Gasteiger partial charge is 0.291 e. The van der Waals surface area contributed by atoms with Gasteiger partial charge in [-0.1, -0.05) is 49.4 Å². The van der Waals surface area contributed by atoms with Crippen LogP contribution in [0.5, 0.6) is 5.75 Å². The Morgan fingerprint density at radius 3 is 2.62 bits per heavy atom. The van der Waals surface area contributed by atoms with E-state index in [-0.39, 0.29) is 5.56 Å². The van der Waals surface area contributed by atoms with E-state index in [1.807, 2.05) is 83.9 Å². The number of hydrogen-bond acceptors (Lipinski definition) is 7. The van der Waals surface area contributed by atoms with Gasteiger partial charge < -0.3 is 4.74 Å². The van der Waals surface area contributed by atoms with Gasteiger partial charge in [-0.15, -0.1) is 16.4 Å². The molecule has 4 aromatic heterocycles. The second kappa shape index (κ2) is 10.6. The summed E-state index contributed by atoms with van der Waals surface area (Å²) in [5.41, 5.74) is 4.38. The van der Waals surface area contributed by atoms with Crippen LogP contribution in [0.2, 0.25) is 0 Å². The number of benzene rings is 2. The van der Waals surface area contributed by atoms with E-state index >= 15 is 0 Å². The van der Waals surface area contributed by atoms with Gasteiger partial charge in [0.1, 0.15) is 11.4 Å². The average Bonchev–Trinajstić information content (AvgIpc) is 3.72. The van der Waals surface area contributed by atoms with Crippen molar-refractivity contribution >= 4 is 33.7 Å². The van der Waals surface area contributed by atoms with E-state index in [0.29, 0.717) is 27.8 Å². The maximum atomic E-state index is 13.3. The van der Waals surface area contributed by atoms with E-state index in [9.17, 15) is 4.79 Å². The van der Waals surface area contributed by atoms with Crippen molar-refractivity contribution in [3.05, 3.63) is 98.3 Å². The number of rotatable bonds is 8. The Labute approximate surface area is 233 Å². The number of thiophene rings is 1. The average molecular weight is 554 g/mol. The van der Waals surface area contributed by atoms with Crippen molar-refractivity contribution in [2.75, 3.05) is 6.61 Å². The van der Waals surface area contributed by atoms with Gasteiger partial charge >= 0.3 is 0 Å². The molecule has 0 aliphatic rings. The molecule has 4 heterocycles. The van der Waals surface area contributed by atoms with Crippen LogP contribution in [0.4, 0.5) is 0 Å². The number of para-hydroxylation sites is 1. The SMILES string of the molecule is Cc1cc(-c2nn(-c3ccccc3)cc2/C=c2\sc3nc(-c4cccs4)nn3c2=O)ccc1OCCC(C)C. The molecule has 9 heteroatoms. The van der Waals surface area contributed by atoms with Gasteiger partial charge in [-0.05, 0) is 72.7 Å². The summed E-state index contributed by atoms with van der Waals surface area (Å²) in [6, 6.07) is 20.0. The topological polar surface area (TPSA) is 74.3 Å². The molecule has 0 aliphatic carbocycles. The first kappa shape index (κ1) is 25.2. The summed E-state index contributed by atoms with van der Waals surface area (Å²) in [5.74, 6) is 2.04. The fourth-order valence-corrected chi connectivity index (χ4v) is 5.83. The van der Waals surface area contributed by atoms with Crippen molar-refractivity contribution in [3.8, 4) is 33.4 Å². The zero-order valence-electron chi connectivity index (χ0n) is 21.9. The predicted octanol–water partition coefficient (Wildman–Crippen LogP) is 6.01. The summed E-state index contributed by atoms with van der Waals surface area (Å²) >= 11 is 2.88. The third-order valence-corrected chi connectivity index (χ3v) is 8.20. The molecule has 0 atom stereocenters. The van der Waals surface area contributed by atoms with Gasteiger partial charge in [0.05, 0.1) is 21.7 Å². The zero-order valence-corrected chi connectivity index (χ0v) is 23.5. The first-order valence-electron chi connectivity index (χ1n) is 12.8. The van der Waals surface area contributed by atoms with Gasteiger partial charge in [0, 0.05) is 17.3 Å². The number of ether oxygens (including phenoxy) is 1. The Hall–Kier alpha value is -4.08. The molecule has 0 spiro atoms. The number of hydrogen-bond donors (Lipinski definition) is 0. The van der Waals surface area contributed by atoms with Crippen LogP contribution in [0.3, 0.4) is 0 Å². The molecule has 0 fully saturated rings. The zero-order chi connectivity index (χ0) is 26.9. The second-order valence-electron chi connectivity index (χ2n) is 9.75. The molecule has 0 radical (unpaired) electrons. The third kappa shape index (κ3) is 5.15. The minimum Gasteiger partial charge on any atom is -0.493 e. The van der Waals surface area contributed by atoms with Gasteiger partial charge in [0.25, 0.3) is 5.56 Å². The van der Waals surface area contributed by atoms with E-state index in [1.54, 1.807) is 11.3 Å². The highest BCUT2D eigenvalue weighted by molar-refractivity contribution is 7.15. The molecule has 0 aliphatic heterocycles. The van der Waals surface area contributed by atoms with Gasteiger partial charge in [0.2, 0.25) is 4.96 Å². The highest BCUT2D eigenvalue weighted by Gasteiger charge is 2.16. The first-order valence-corrected chi connectivity index (χ1v) is 14.5. The Kier molecular flexibility index (Phi) is 6.85. The molecule has 39 heavy (non-hydrogen) atoms. The van der Waals surface area contributed by atoms with Crippen LogP contribution < -0.4 is 14.8 Å². The van der Waals surface area contributed by atoms with E-state index in [2.05, 4.69) is 30.0 Å². The summed E-state index contributed by atoms with van der Waals surface area (Å²) in [6.07, 6.45) is 4.85. The van der Waals surface area contributed by atoms with Crippen molar-refractivity contribution < 1.29 is 4.74 Å². The largest absolute Gasteiger partial charge is 0.493 e. The Balaban J connectivity index is 1.42. The summed E-state index contributed by atoms with van der Waals surface area (Å²) in [5, 5.41) is 11.4. The van der Waals surface area contributed by atoms with Gasteiger partial charge in [-0.25, -0.2) is 4.68 Å².